The number of rotatable bonds is 16. The third kappa shape index (κ3) is 14.0. The van der Waals surface area contributed by atoms with Crippen molar-refractivity contribution in [3.63, 3.8) is 0 Å². The summed E-state index contributed by atoms with van der Waals surface area (Å²) in [6, 6.07) is 0. The maximum absolute atomic E-state index is 5.60. The summed E-state index contributed by atoms with van der Waals surface area (Å²) >= 11 is 0. The zero-order valence-corrected chi connectivity index (χ0v) is 16.4. The minimum absolute atomic E-state index is 0. The molecule has 0 unspecified atom stereocenters. The van der Waals surface area contributed by atoms with Crippen LogP contribution >= 0.6 is 12.4 Å². The second kappa shape index (κ2) is 18.2. The second-order valence-electron chi connectivity index (χ2n) is 5.26. The van der Waals surface area contributed by atoms with E-state index in [-0.39, 0.29) is 12.4 Å². The summed E-state index contributed by atoms with van der Waals surface area (Å²) in [5, 5.41) is 3.20. The van der Waals surface area contributed by atoms with Crippen LogP contribution in [0.4, 0.5) is 0 Å². The summed E-state index contributed by atoms with van der Waals surface area (Å²) in [6.45, 7) is 10.3. The lowest BCUT2D eigenvalue weighted by Crippen LogP contribution is -2.52. The van der Waals surface area contributed by atoms with Gasteiger partial charge in [-0.15, -0.1) is 12.4 Å². The van der Waals surface area contributed by atoms with Crippen LogP contribution in [0.3, 0.4) is 0 Å². The van der Waals surface area contributed by atoms with Gasteiger partial charge in [0, 0.05) is 6.54 Å². The Morgan fingerprint density at radius 1 is 0.739 bits per heavy atom. The van der Waals surface area contributed by atoms with Gasteiger partial charge in [-0.2, -0.15) is 0 Å². The predicted octanol–water partition coefficient (Wildman–Crippen LogP) is 5.03. The lowest BCUT2D eigenvalue weighted by Gasteiger charge is -2.32. The molecule has 0 saturated heterocycles. The summed E-state index contributed by atoms with van der Waals surface area (Å²) in [5.74, 6) is 0. The minimum Gasteiger partial charge on any atom is -0.314 e. The van der Waals surface area contributed by atoms with Crippen LogP contribution in [-0.4, -0.2) is 32.5 Å². The molecule has 4 nitrogen and oxygen atoms in total. The molecule has 0 bridgehead atoms. The Balaban J connectivity index is 0. The predicted molar refractivity (Wildman–Crippen MR) is 100.0 cm³/mol. The fraction of sp³-hybridized carbons (Fsp3) is 0.889. The molecule has 0 heterocycles. The van der Waals surface area contributed by atoms with Crippen molar-refractivity contribution in [2.75, 3.05) is 26.4 Å². The van der Waals surface area contributed by atoms with Crippen molar-refractivity contribution in [3.05, 3.63) is 12.2 Å². The standard InChI is InChI=1S/C18H37NO3.ClH/c1-5-9-10-11-12-13-14-15-16-17-19-18(20-6-2,21-7-3)22-8-4;/h15-16,19H,5-14,17H2,1-4H3;1H. The second-order valence-corrected chi connectivity index (χ2v) is 5.26. The summed E-state index contributed by atoms with van der Waals surface area (Å²) in [5.41, 5.74) is 0. The number of hydrogen-bond donors (Lipinski definition) is 1. The van der Waals surface area contributed by atoms with Gasteiger partial charge in [0.2, 0.25) is 0 Å². The van der Waals surface area contributed by atoms with Crippen LogP contribution in [0.2, 0.25) is 0 Å². The Bertz CT molecular complexity index is 246. The van der Waals surface area contributed by atoms with Gasteiger partial charge in [-0.1, -0.05) is 51.2 Å². The van der Waals surface area contributed by atoms with Crippen molar-refractivity contribution in [2.24, 2.45) is 0 Å². The van der Waals surface area contributed by atoms with E-state index in [0.29, 0.717) is 26.4 Å². The summed E-state index contributed by atoms with van der Waals surface area (Å²) in [7, 11) is 0. The van der Waals surface area contributed by atoms with E-state index in [0.717, 1.165) is 6.42 Å². The van der Waals surface area contributed by atoms with Gasteiger partial charge in [0.05, 0.1) is 19.8 Å². The maximum Gasteiger partial charge on any atom is 0.351 e. The molecule has 1 N–H and O–H groups in total. The third-order valence-electron chi connectivity index (χ3n) is 3.33. The Labute approximate surface area is 149 Å². The molecule has 0 aliphatic rings. The number of hydrogen-bond acceptors (Lipinski definition) is 4. The zero-order valence-electron chi connectivity index (χ0n) is 15.6. The largest absolute Gasteiger partial charge is 0.351 e. The average molecular weight is 352 g/mol. The first kappa shape index (κ1) is 25.1. The third-order valence-corrected chi connectivity index (χ3v) is 3.33. The normalized spacial score (nSPS) is 11.8. The summed E-state index contributed by atoms with van der Waals surface area (Å²) < 4.78 is 16.8. The van der Waals surface area contributed by atoms with Crippen molar-refractivity contribution in [2.45, 2.75) is 78.7 Å². The van der Waals surface area contributed by atoms with Crippen LogP contribution in [-0.2, 0) is 14.2 Å². The molecule has 0 aliphatic carbocycles. The van der Waals surface area contributed by atoms with Gasteiger partial charge in [0.1, 0.15) is 0 Å². The smallest absolute Gasteiger partial charge is 0.314 e. The van der Waals surface area contributed by atoms with E-state index in [1.807, 2.05) is 20.8 Å². The highest BCUT2D eigenvalue weighted by Crippen LogP contribution is 2.12. The lowest BCUT2D eigenvalue weighted by molar-refractivity contribution is -0.392. The van der Waals surface area contributed by atoms with E-state index in [9.17, 15) is 0 Å². The molecule has 0 aromatic heterocycles. The van der Waals surface area contributed by atoms with Crippen LogP contribution < -0.4 is 5.32 Å². The van der Waals surface area contributed by atoms with Crippen LogP contribution in [0.5, 0.6) is 0 Å². The quantitative estimate of drug-likeness (QED) is 0.240. The number of halogens is 1. The highest BCUT2D eigenvalue weighted by Gasteiger charge is 2.31. The molecule has 0 saturated carbocycles. The molecule has 0 aromatic carbocycles. The molecule has 0 amide bonds. The Kier molecular flexibility index (Phi) is 19.9. The van der Waals surface area contributed by atoms with Crippen LogP contribution in [0, 0.1) is 0 Å². The molecule has 0 aliphatic heterocycles. The van der Waals surface area contributed by atoms with Crippen molar-refractivity contribution in [1.29, 1.82) is 0 Å². The van der Waals surface area contributed by atoms with Crippen LogP contribution in [0.25, 0.3) is 0 Å². The van der Waals surface area contributed by atoms with Crippen molar-refractivity contribution >= 4 is 12.4 Å². The molecule has 0 spiro atoms. The number of unbranched alkanes of at least 4 members (excludes halogenated alkanes) is 6. The topological polar surface area (TPSA) is 39.7 Å². The molecule has 0 radical (unpaired) electrons. The molecule has 0 aromatic rings. The van der Waals surface area contributed by atoms with Crippen LogP contribution in [0.15, 0.2) is 12.2 Å². The highest BCUT2D eigenvalue weighted by molar-refractivity contribution is 5.85. The first-order chi connectivity index (χ1) is 10.7. The monoisotopic (exact) mass is 351 g/mol. The van der Waals surface area contributed by atoms with Crippen molar-refractivity contribution in [1.82, 2.24) is 5.32 Å². The lowest BCUT2D eigenvalue weighted by atomic mass is 10.1. The Hall–Kier alpha value is -0.130. The van der Waals surface area contributed by atoms with Gasteiger partial charge in [-0.05, 0) is 33.6 Å². The fourth-order valence-corrected chi connectivity index (χ4v) is 2.28. The summed E-state index contributed by atoms with van der Waals surface area (Å²) in [6.07, 6.45) is 12.4. The highest BCUT2D eigenvalue weighted by atomic mass is 35.5. The van der Waals surface area contributed by atoms with E-state index in [2.05, 4.69) is 24.4 Å². The first-order valence-corrected chi connectivity index (χ1v) is 9.06. The molecule has 23 heavy (non-hydrogen) atoms. The van der Waals surface area contributed by atoms with Gasteiger partial charge in [-0.3, -0.25) is 0 Å². The van der Waals surface area contributed by atoms with E-state index >= 15 is 0 Å². The molecule has 0 fully saturated rings. The number of nitrogens with one attached hydrogen (secondary N) is 1. The molecule has 0 rings (SSSR count). The fourth-order valence-electron chi connectivity index (χ4n) is 2.28. The van der Waals surface area contributed by atoms with E-state index in [1.54, 1.807) is 0 Å². The maximum atomic E-state index is 5.60. The Morgan fingerprint density at radius 2 is 1.26 bits per heavy atom. The van der Waals surface area contributed by atoms with E-state index in [4.69, 9.17) is 14.2 Å². The van der Waals surface area contributed by atoms with E-state index in [1.165, 1.54) is 38.5 Å². The molecular weight excluding hydrogens is 314 g/mol. The zero-order chi connectivity index (χ0) is 16.5. The van der Waals surface area contributed by atoms with Crippen LogP contribution in [0.1, 0.15) is 72.6 Å². The van der Waals surface area contributed by atoms with Gasteiger partial charge in [-0.25, -0.2) is 5.32 Å². The SMILES string of the molecule is CCCCCCCCC=CCNC(OCC)(OCC)OCC.Cl. The van der Waals surface area contributed by atoms with Gasteiger partial charge in [0.25, 0.3) is 0 Å². The molecular formula is C18H38ClNO3. The molecule has 0 atom stereocenters. The van der Waals surface area contributed by atoms with Gasteiger partial charge < -0.3 is 14.2 Å². The van der Waals surface area contributed by atoms with Gasteiger partial charge >= 0.3 is 6.10 Å². The van der Waals surface area contributed by atoms with Crippen molar-refractivity contribution in [3.8, 4) is 0 Å². The average Bonchev–Trinajstić information content (AvgIpc) is 2.50. The molecule has 5 heteroatoms. The first-order valence-electron chi connectivity index (χ1n) is 9.06. The van der Waals surface area contributed by atoms with Crippen molar-refractivity contribution < 1.29 is 14.2 Å². The van der Waals surface area contributed by atoms with Gasteiger partial charge in [0.15, 0.2) is 0 Å². The van der Waals surface area contributed by atoms with E-state index < -0.39 is 6.10 Å². The number of allylic oxidation sites excluding steroid dienone is 1. The summed E-state index contributed by atoms with van der Waals surface area (Å²) in [4.78, 5) is 0. The molecule has 140 valence electrons. The number of ether oxygens (including phenoxy) is 3. The Morgan fingerprint density at radius 3 is 1.78 bits per heavy atom. The minimum atomic E-state index is -1.11.